The summed E-state index contributed by atoms with van der Waals surface area (Å²) in [5.41, 5.74) is -0.459. The zero-order valence-corrected chi connectivity index (χ0v) is 9.06. The highest BCUT2D eigenvalue weighted by Crippen LogP contribution is 2.53. The van der Waals surface area contributed by atoms with Crippen molar-refractivity contribution in [3.63, 3.8) is 0 Å². The van der Waals surface area contributed by atoms with Gasteiger partial charge in [-0.1, -0.05) is 6.07 Å². The third-order valence-electron chi connectivity index (χ3n) is 2.84. The van der Waals surface area contributed by atoms with Crippen LogP contribution in [0.2, 0.25) is 0 Å². The maximum Gasteiger partial charge on any atom is 0.326 e. The minimum atomic E-state index is -0.459. The van der Waals surface area contributed by atoms with Crippen molar-refractivity contribution >= 4 is 17.3 Å². The van der Waals surface area contributed by atoms with Gasteiger partial charge in [0.15, 0.2) is 0 Å². The first-order valence-electron chi connectivity index (χ1n) is 4.55. The number of thiophene rings is 1. The molecule has 0 saturated heterocycles. The van der Waals surface area contributed by atoms with Crippen LogP contribution in [0.5, 0.6) is 0 Å². The van der Waals surface area contributed by atoms with Gasteiger partial charge in [-0.15, -0.1) is 11.3 Å². The first kappa shape index (κ1) is 9.68. The molecule has 0 amide bonds. The lowest BCUT2D eigenvalue weighted by Crippen LogP contribution is -2.39. The summed E-state index contributed by atoms with van der Waals surface area (Å²) in [5, 5.41) is 5.11. The van der Waals surface area contributed by atoms with Gasteiger partial charge in [0.2, 0.25) is 0 Å². The molecule has 1 N–H and O–H groups in total. The van der Waals surface area contributed by atoms with Gasteiger partial charge >= 0.3 is 5.97 Å². The summed E-state index contributed by atoms with van der Waals surface area (Å²) in [7, 11) is 3.25. The summed E-state index contributed by atoms with van der Waals surface area (Å²) in [6, 6.07) is 4.08. The standard InChI is InChI=1S/C10H13NO2S/c1-11-10(9(12)13-2)6-7(10)8-4-3-5-14-8/h3-5,7,11H,6H2,1-2H3. The summed E-state index contributed by atoms with van der Waals surface area (Å²) in [6.07, 6.45) is 0.844. The van der Waals surface area contributed by atoms with Crippen LogP contribution < -0.4 is 5.32 Å². The van der Waals surface area contributed by atoms with E-state index in [1.807, 2.05) is 18.5 Å². The summed E-state index contributed by atoms with van der Waals surface area (Å²) in [4.78, 5) is 12.8. The Bertz CT molecular complexity index is 336. The van der Waals surface area contributed by atoms with Crippen LogP contribution >= 0.6 is 11.3 Å². The van der Waals surface area contributed by atoms with Crippen molar-refractivity contribution in [3.05, 3.63) is 22.4 Å². The highest BCUT2D eigenvalue weighted by molar-refractivity contribution is 7.10. The van der Waals surface area contributed by atoms with Crippen molar-refractivity contribution < 1.29 is 9.53 Å². The van der Waals surface area contributed by atoms with Gasteiger partial charge in [-0.05, 0) is 24.9 Å². The smallest absolute Gasteiger partial charge is 0.326 e. The molecule has 1 aliphatic carbocycles. The summed E-state index contributed by atoms with van der Waals surface area (Å²) >= 11 is 1.69. The molecule has 14 heavy (non-hydrogen) atoms. The number of ether oxygens (including phenoxy) is 1. The van der Waals surface area contributed by atoms with Gasteiger partial charge in [-0.25, -0.2) is 0 Å². The van der Waals surface area contributed by atoms with Crippen molar-refractivity contribution in [1.82, 2.24) is 5.32 Å². The van der Waals surface area contributed by atoms with Crippen LogP contribution in [0.15, 0.2) is 17.5 Å². The molecule has 1 aliphatic rings. The average Bonchev–Trinajstić information content (AvgIpc) is 2.72. The van der Waals surface area contributed by atoms with Crippen molar-refractivity contribution in [3.8, 4) is 0 Å². The maximum atomic E-state index is 11.6. The SMILES string of the molecule is CNC1(C(=O)OC)CC1c1cccs1. The minimum Gasteiger partial charge on any atom is -0.468 e. The first-order valence-corrected chi connectivity index (χ1v) is 5.43. The van der Waals surface area contributed by atoms with Gasteiger partial charge in [-0.3, -0.25) is 4.79 Å². The molecule has 4 heteroatoms. The molecule has 2 rings (SSSR count). The number of esters is 1. The lowest BCUT2D eigenvalue weighted by atomic mass is 10.2. The first-order chi connectivity index (χ1) is 6.74. The zero-order valence-electron chi connectivity index (χ0n) is 8.24. The maximum absolute atomic E-state index is 11.6. The van der Waals surface area contributed by atoms with Gasteiger partial charge in [-0.2, -0.15) is 0 Å². The van der Waals surface area contributed by atoms with E-state index in [-0.39, 0.29) is 5.97 Å². The quantitative estimate of drug-likeness (QED) is 0.767. The van der Waals surface area contributed by atoms with Gasteiger partial charge in [0.1, 0.15) is 5.54 Å². The van der Waals surface area contributed by atoms with Gasteiger partial charge in [0.25, 0.3) is 0 Å². The van der Waals surface area contributed by atoms with Crippen LogP contribution in [0.4, 0.5) is 0 Å². The molecule has 0 bridgehead atoms. The lowest BCUT2D eigenvalue weighted by Gasteiger charge is -2.12. The van der Waals surface area contributed by atoms with Crippen LogP contribution in [0.3, 0.4) is 0 Å². The van der Waals surface area contributed by atoms with E-state index in [9.17, 15) is 4.79 Å². The summed E-state index contributed by atoms with van der Waals surface area (Å²) < 4.78 is 4.80. The van der Waals surface area contributed by atoms with E-state index in [1.54, 1.807) is 11.3 Å². The second-order valence-electron chi connectivity index (χ2n) is 3.49. The number of methoxy groups -OCH3 is 1. The van der Waals surface area contributed by atoms with E-state index in [4.69, 9.17) is 4.74 Å². The number of hydrogen-bond donors (Lipinski definition) is 1. The van der Waals surface area contributed by atoms with E-state index in [0.29, 0.717) is 5.92 Å². The Morgan fingerprint density at radius 3 is 3.07 bits per heavy atom. The monoisotopic (exact) mass is 211 g/mol. The predicted octanol–water partition coefficient (Wildman–Crippen LogP) is 1.37. The second-order valence-corrected chi connectivity index (χ2v) is 4.46. The molecule has 0 aromatic carbocycles. The molecule has 0 spiro atoms. The van der Waals surface area contributed by atoms with Crippen molar-refractivity contribution in [2.24, 2.45) is 0 Å². The molecule has 3 nitrogen and oxygen atoms in total. The number of likely N-dealkylation sites (N-methyl/N-ethyl adjacent to an activating group) is 1. The van der Waals surface area contributed by atoms with Gasteiger partial charge in [0.05, 0.1) is 7.11 Å². The minimum absolute atomic E-state index is 0.154. The Labute approximate surface area is 87.1 Å². The molecule has 2 unspecified atom stereocenters. The molecular formula is C10H13NO2S. The zero-order chi connectivity index (χ0) is 10.2. The van der Waals surface area contributed by atoms with E-state index >= 15 is 0 Å². The van der Waals surface area contributed by atoms with E-state index in [1.165, 1.54) is 12.0 Å². The number of hydrogen-bond acceptors (Lipinski definition) is 4. The molecule has 76 valence electrons. The number of carbonyl (C=O) groups is 1. The molecule has 1 saturated carbocycles. The molecule has 1 aromatic rings. The topological polar surface area (TPSA) is 38.3 Å². The van der Waals surface area contributed by atoms with E-state index in [2.05, 4.69) is 11.4 Å². The molecule has 1 fully saturated rings. The summed E-state index contributed by atoms with van der Waals surface area (Å²) in [6.45, 7) is 0. The van der Waals surface area contributed by atoms with Gasteiger partial charge < -0.3 is 10.1 Å². The predicted molar refractivity (Wildman–Crippen MR) is 55.5 cm³/mol. The van der Waals surface area contributed by atoms with Crippen molar-refractivity contribution in [1.29, 1.82) is 0 Å². The van der Waals surface area contributed by atoms with E-state index in [0.717, 1.165) is 6.42 Å². The fourth-order valence-corrected chi connectivity index (χ4v) is 2.80. The Kier molecular flexibility index (Phi) is 2.33. The Morgan fingerprint density at radius 1 is 1.79 bits per heavy atom. The number of rotatable bonds is 3. The molecule has 1 heterocycles. The number of nitrogens with one attached hydrogen (secondary N) is 1. The van der Waals surface area contributed by atoms with Crippen molar-refractivity contribution in [2.75, 3.05) is 14.2 Å². The van der Waals surface area contributed by atoms with Crippen LogP contribution in [0.1, 0.15) is 17.2 Å². The highest BCUT2D eigenvalue weighted by Gasteiger charge is 2.61. The van der Waals surface area contributed by atoms with Crippen LogP contribution in [0.25, 0.3) is 0 Å². The highest BCUT2D eigenvalue weighted by atomic mass is 32.1. The lowest BCUT2D eigenvalue weighted by molar-refractivity contribution is -0.144. The molecule has 1 aromatic heterocycles. The second kappa shape index (κ2) is 3.37. The molecule has 0 radical (unpaired) electrons. The molecule has 0 aliphatic heterocycles. The van der Waals surface area contributed by atoms with Crippen LogP contribution in [-0.2, 0) is 9.53 Å². The largest absolute Gasteiger partial charge is 0.468 e. The fraction of sp³-hybridized carbons (Fsp3) is 0.500. The number of carbonyl (C=O) groups excluding carboxylic acids is 1. The molecule has 2 atom stereocenters. The van der Waals surface area contributed by atoms with Crippen molar-refractivity contribution in [2.45, 2.75) is 17.9 Å². The third-order valence-corrected chi connectivity index (χ3v) is 3.83. The third kappa shape index (κ3) is 1.26. The van der Waals surface area contributed by atoms with Crippen LogP contribution in [0, 0.1) is 0 Å². The van der Waals surface area contributed by atoms with Gasteiger partial charge in [0, 0.05) is 10.8 Å². The summed E-state index contributed by atoms with van der Waals surface area (Å²) in [5.74, 6) is 0.137. The normalized spacial score (nSPS) is 30.0. The molecular weight excluding hydrogens is 198 g/mol. The fourth-order valence-electron chi connectivity index (χ4n) is 1.88. The Balaban J connectivity index is 2.18. The van der Waals surface area contributed by atoms with Crippen LogP contribution in [-0.4, -0.2) is 25.7 Å². The Hall–Kier alpha value is -0.870. The average molecular weight is 211 g/mol. The van der Waals surface area contributed by atoms with E-state index < -0.39 is 5.54 Å². The Morgan fingerprint density at radius 2 is 2.57 bits per heavy atom.